The van der Waals surface area contributed by atoms with Crippen LogP contribution in [0.25, 0.3) is 0 Å². The van der Waals surface area contributed by atoms with Crippen molar-refractivity contribution in [2.24, 2.45) is 18.9 Å². The number of nitrogens with one attached hydrogen (secondary N) is 2. The molecule has 3 aromatic rings. The van der Waals surface area contributed by atoms with Gasteiger partial charge >= 0.3 is 0 Å². The monoisotopic (exact) mass is 527 g/mol. The minimum Gasteiger partial charge on any atom is -0.382 e. The van der Waals surface area contributed by atoms with Gasteiger partial charge in [-0.05, 0) is 73.4 Å². The Labute approximate surface area is 231 Å². The van der Waals surface area contributed by atoms with Gasteiger partial charge in [-0.15, -0.1) is 10.2 Å². The molecule has 0 radical (unpaired) electrons. The standard InChI is InChI=1S/C31H41N7O/c1-20-8-7-11-38(16-20)17-22-12-25(35-27-26(22)32-18-30(27,3)4)28(39)34-24-10-6-9-23(13-24)31(14-21(2)15-31)29-36-33-19-37(29)5/h6,9-10,12-13,19-21,32H,7-8,11,14-18H2,1-5H3,(H,34,39)/t20-,21-,31+/m0/s1. The number of nitrogens with zero attached hydrogens (tertiary/aromatic N) is 5. The average Bonchev–Trinajstić information content (AvgIpc) is 3.44. The summed E-state index contributed by atoms with van der Waals surface area (Å²) in [4.78, 5) is 21.1. The molecular formula is C31H41N7O. The first-order valence-electron chi connectivity index (χ1n) is 14.4. The van der Waals surface area contributed by atoms with E-state index in [1.807, 2.05) is 29.8 Å². The van der Waals surface area contributed by atoms with E-state index >= 15 is 0 Å². The summed E-state index contributed by atoms with van der Waals surface area (Å²) in [6, 6.07) is 10.2. The van der Waals surface area contributed by atoms with Crippen LogP contribution in [0.15, 0.2) is 36.7 Å². The van der Waals surface area contributed by atoms with Gasteiger partial charge in [-0.3, -0.25) is 9.69 Å². The van der Waals surface area contributed by atoms with E-state index in [4.69, 9.17) is 4.98 Å². The molecule has 0 spiro atoms. The number of hydrogen-bond acceptors (Lipinski definition) is 6. The molecule has 2 aromatic heterocycles. The molecule has 39 heavy (non-hydrogen) atoms. The molecule has 2 N–H and O–H groups in total. The molecule has 1 saturated carbocycles. The number of benzene rings is 1. The minimum atomic E-state index is -0.175. The van der Waals surface area contributed by atoms with Gasteiger partial charge in [-0.1, -0.05) is 39.8 Å². The maximum Gasteiger partial charge on any atom is 0.274 e. The SMILES string of the molecule is C[C@H]1CCCN(Cc2cc(C(=O)Nc3cccc([C@]4(c5nncn5C)C[C@@H](C)C4)c3)nc3c2NCC3(C)C)C1. The van der Waals surface area contributed by atoms with E-state index in [2.05, 4.69) is 65.6 Å². The van der Waals surface area contributed by atoms with Gasteiger partial charge in [0.05, 0.1) is 16.8 Å². The van der Waals surface area contributed by atoms with E-state index in [9.17, 15) is 4.79 Å². The van der Waals surface area contributed by atoms with Gasteiger partial charge in [0.1, 0.15) is 17.8 Å². The molecule has 8 heteroatoms. The molecule has 6 rings (SSSR count). The van der Waals surface area contributed by atoms with Crippen molar-refractivity contribution in [2.75, 3.05) is 30.3 Å². The first kappa shape index (κ1) is 26.0. The Bertz CT molecular complexity index is 1390. The second kappa shape index (κ2) is 9.73. The molecule has 8 nitrogen and oxygen atoms in total. The lowest BCUT2D eigenvalue weighted by Gasteiger charge is -2.46. The highest BCUT2D eigenvalue weighted by Gasteiger charge is 2.48. The third-order valence-corrected chi connectivity index (χ3v) is 9.02. The van der Waals surface area contributed by atoms with Crippen molar-refractivity contribution in [3.05, 3.63) is 65.0 Å². The van der Waals surface area contributed by atoms with Crippen LogP contribution >= 0.6 is 0 Å². The number of anilines is 2. The second-order valence-electron chi connectivity index (χ2n) is 13.0. The third kappa shape index (κ3) is 4.73. The van der Waals surface area contributed by atoms with Crippen LogP contribution in [-0.2, 0) is 24.4 Å². The zero-order valence-corrected chi connectivity index (χ0v) is 23.9. The maximum atomic E-state index is 13.7. The summed E-state index contributed by atoms with van der Waals surface area (Å²) in [6.45, 7) is 12.9. The van der Waals surface area contributed by atoms with E-state index < -0.39 is 0 Å². The molecule has 1 amide bonds. The molecule has 4 heterocycles. The Morgan fingerprint density at radius 1 is 1.18 bits per heavy atom. The summed E-state index contributed by atoms with van der Waals surface area (Å²) in [5, 5.41) is 15.4. The number of amides is 1. The molecular weight excluding hydrogens is 486 g/mol. The fraction of sp³-hybridized carbons (Fsp3) is 0.548. The van der Waals surface area contributed by atoms with E-state index in [0.29, 0.717) is 17.5 Å². The number of pyridine rings is 1. The van der Waals surface area contributed by atoms with E-state index in [1.54, 1.807) is 6.33 Å². The maximum absolute atomic E-state index is 13.7. The van der Waals surface area contributed by atoms with Gasteiger partial charge in [0, 0.05) is 37.8 Å². The van der Waals surface area contributed by atoms with Crippen molar-refractivity contribution in [1.82, 2.24) is 24.6 Å². The summed E-state index contributed by atoms with van der Waals surface area (Å²) < 4.78 is 2.02. The Hall–Kier alpha value is -3.26. The van der Waals surface area contributed by atoms with Gasteiger partial charge in [-0.2, -0.15) is 0 Å². The van der Waals surface area contributed by atoms with E-state index in [0.717, 1.165) is 61.9 Å². The number of aromatic nitrogens is 4. The molecule has 2 aliphatic heterocycles. The Morgan fingerprint density at radius 3 is 2.72 bits per heavy atom. The van der Waals surface area contributed by atoms with Crippen molar-refractivity contribution in [3.63, 3.8) is 0 Å². The Kier molecular flexibility index (Phi) is 6.49. The molecule has 3 aliphatic rings. The van der Waals surface area contributed by atoms with Gasteiger partial charge < -0.3 is 15.2 Å². The number of hydrogen-bond donors (Lipinski definition) is 2. The van der Waals surface area contributed by atoms with Crippen molar-refractivity contribution in [2.45, 2.75) is 70.8 Å². The predicted octanol–water partition coefficient (Wildman–Crippen LogP) is 5.11. The lowest BCUT2D eigenvalue weighted by atomic mass is 9.58. The first-order chi connectivity index (χ1) is 18.6. The van der Waals surface area contributed by atoms with Gasteiger partial charge in [0.15, 0.2) is 0 Å². The van der Waals surface area contributed by atoms with Gasteiger partial charge in [0.2, 0.25) is 0 Å². The summed E-state index contributed by atoms with van der Waals surface area (Å²) in [7, 11) is 2.00. The van der Waals surface area contributed by atoms with Crippen molar-refractivity contribution >= 4 is 17.3 Å². The molecule has 0 bridgehead atoms. The lowest BCUT2D eigenvalue weighted by Crippen LogP contribution is -2.43. The molecule has 1 aromatic carbocycles. The van der Waals surface area contributed by atoms with Crippen molar-refractivity contribution in [3.8, 4) is 0 Å². The van der Waals surface area contributed by atoms with E-state index in [-0.39, 0.29) is 16.7 Å². The predicted molar refractivity (Wildman–Crippen MR) is 154 cm³/mol. The molecule has 2 fully saturated rings. The zero-order chi connectivity index (χ0) is 27.4. The number of piperidine rings is 1. The summed E-state index contributed by atoms with van der Waals surface area (Å²) in [5.74, 6) is 2.14. The average molecular weight is 528 g/mol. The molecule has 0 unspecified atom stereocenters. The van der Waals surface area contributed by atoms with Crippen LogP contribution in [0.4, 0.5) is 11.4 Å². The van der Waals surface area contributed by atoms with Crippen molar-refractivity contribution in [1.29, 1.82) is 0 Å². The topological polar surface area (TPSA) is 88.0 Å². The summed E-state index contributed by atoms with van der Waals surface area (Å²) >= 11 is 0. The van der Waals surface area contributed by atoms with Crippen LogP contribution in [-0.4, -0.2) is 50.2 Å². The quantitative estimate of drug-likeness (QED) is 0.463. The van der Waals surface area contributed by atoms with Crippen LogP contribution in [0.5, 0.6) is 0 Å². The minimum absolute atomic E-state index is 0.126. The summed E-state index contributed by atoms with van der Waals surface area (Å²) in [5.41, 5.74) is 5.41. The van der Waals surface area contributed by atoms with Crippen LogP contribution in [0.3, 0.4) is 0 Å². The molecule has 1 atom stereocenters. The summed E-state index contributed by atoms with van der Waals surface area (Å²) in [6.07, 6.45) is 6.32. The largest absolute Gasteiger partial charge is 0.382 e. The molecule has 1 aliphatic carbocycles. The van der Waals surface area contributed by atoms with Gasteiger partial charge in [-0.25, -0.2) is 4.98 Å². The number of fused-ring (bicyclic) bond motifs is 1. The lowest BCUT2D eigenvalue weighted by molar-refractivity contribution is 0.102. The Morgan fingerprint density at radius 2 is 2.00 bits per heavy atom. The fourth-order valence-electron chi connectivity index (χ4n) is 7.07. The molecule has 1 saturated heterocycles. The van der Waals surface area contributed by atoms with E-state index in [1.165, 1.54) is 24.0 Å². The highest BCUT2D eigenvalue weighted by molar-refractivity contribution is 6.03. The highest BCUT2D eigenvalue weighted by Crippen LogP contribution is 2.51. The normalized spacial score (nSPS) is 26.0. The fourth-order valence-corrected chi connectivity index (χ4v) is 7.07. The van der Waals surface area contributed by atoms with Crippen molar-refractivity contribution < 1.29 is 4.79 Å². The third-order valence-electron chi connectivity index (χ3n) is 9.02. The Balaban J connectivity index is 1.29. The number of rotatable bonds is 6. The van der Waals surface area contributed by atoms with Crippen LogP contribution in [0.2, 0.25) is 0 Å². The first-order valence-corrected chi connectivity index (χ1v) is 14.4. The van der Waals surface area contributed by atoms with Crippen LogP contribution < -0.4 is 10.6 Å². The van der Waals surface area contributed by atoms with Crippen LogP contribution in [0, 0.1) is 11.8 Å². The number of carbonyl (C=O) groups excluding carboxylic acids is 1. The smallest absolute Gasteiger partial charge is 0.274 e. The van der Waals surface area contributed by atoms with Crippen LogP contribution in [0.1, 0.15) is 86.5 Å². The molecule has 206 valence electrons. The zero-order valence-electron chi connectivity index (χ0n) is 23.9. The number of likely N-dealkylation sites (tertiary alicyclic amines) is 1. The highest BCUT2D eigenvalue weighted by atomic mass is 16.1. The number of aryl methyl sites for hydroxylation is 1. The second-order valence-corrected chi connectivity index (χ2v) is 13.0. The van der Waals surface area contributed by atoms with Gasteiger partial charge in [0.25, 0.3) is 5.91 Å². The number of carbonyl (C=O) groups is 1.